The van der Waals surface area contributed by atoms with Crippen LogP contribution in [0.25, 0.3) is 0 Å². The van der Waals surface area contributed by atoms with Crippen LogP contribution in [0.4, 0.5) is 5.82 Å². The van der Waals surface area contributed by atoms with Crippen LogP contribution in [0, 0.1) is 13.8 Å². The Morgan fingerprint density at radius 2 is 2.16 bits per heavy atom. The number of amides is 1. The lowest BCUT2D eigenvalue weighted by Crippen LogP contribution is -2.31. The zero-order chi connectivity index (χ0) is 18.0. The van der Waals surface area contributed by atoms with Crippen LogP contribution < -0.4 is 4.90 Å². The average Bonchev–Trinajstić information content (AvgIpc) is 3.20. The van der Waals surface area contributed by atoms with Gasteiger partial charge in [-0.15, -0.1) is 0 Å². The third-order valence-corrected chi connectivity index (χ3v) is 4.78. The van der Waals surface area contributed by atoms with E-state index in [1.807, 2.05) is 37.7 Å². The van der Waals surface area contributed by atoms with Gasteiger partial charge < -0.3 is 14.3 Å². The summed E-state index contributed by atoms with van der Waals surface area (Å²) in [6.45, 7) is 4.58. The first kappa shape index (κ1) is 17.4. The maximum absolute atomic E-state index is 12.8. The quantitative estimate of drug-likeness (QED) is 0.830. The van der Waals surface area contributed by atoms with E-state index in [0.29, 0.717) is 12.8 Å². The van der Waals surface area contributed by atoms with Gasteiger partial charge in [-0.2, -0.15) is 0 Å². The molecule has 2 aromatic rings. The Kier molecular flexibility index (Phi) is 5.01. The molecule has 0 unspecified atom stereocenters. The number of aromatic nitrogens is 3. The summed E-state index contributed by atoms with van der Waals surface area (Å²) in [7, 11) is 3.88. The molecule has 0 N–H and O–H groups in total. The zero-order valence-corrected chi connectivity index (χ0v) is 15.3. The van der Waals surface area contributed by atoms with Gasteiger partial charge in [0.15, 0.2) is 0 Å². The van der Waals surface area contributed by atoms with E-state index in [-0.39, 0.29) is 11.9 Å². The van der Waals surface area contributed by atoms with Crippen LogP contribution in [0.1, 0.15) is 48.0 Å². The summed E-state index contributed by atoms with van der Waals surface area (Å²) < 4.78 is 5.18. The minimum atomic E-state index is 0.0181. The Labute approximate surface area is 148 Å². The van der Waals surface area contributed by atoms with E-state index < -0.39 is 0 Å². The lowest BCUT2D eigenvalue weighted by molar-refractivity contribution is -0.132. The number of carbonyl (C=O) groups excluding carboxylic acids is 1. The SMILES string of the molecule is Cc1noc(C)c1CCC(=O)N1CCC[C@H]1c1cncc(N(C)C)n1. The highest BCUT2D eigenvalue weighted by Gasteiger charge is 2.31. The fourth-order valence-electron chi connectivity index (χ4n) is 3.35. The molecule has 7 heteroatoms. The van der Waals surface area contributed by atoms with Crippen LogP contribution in [0.2, 0.25) is 0 Å². The molecule has 134 valence electrons. The van der Waals surface area contributed by atoms with Crippen LogP contribution >= 0.6 is 0 Å². The molecule has 1 amide bonds. The first-order valence-corrected chi connectivity index (χ1v) is 8.68. The number of hydrogen-bond donors (Lipinski definition) is 0. The Hall–Kier alpha value is -2.44. The van der Waals surface area contributed by atoms with Gasteiger partial charge in [-0.1, -0.05) is 5.16 Å². The number of hydrogen-bond acceptors (Lipinski definition) is 6. The van der Waals surface area contributed by atoms with Crippen molar-refractivity contribution in [2.45, 2.75) is 45.6 Å². The Morgan fingerprint density at radius 1 is 1.36 bits per heavy atom. The molecule has 0 radical (unpaired) electrons. The molecule has 1 saturated heterocycles. The second kappa shape index (κ2) is 7.21. The minimum absolute atomic E-state index is 0.0181. The average molecular weight is 343 g/mol. The molecule has 0 aromatic carbocycles. The van der Waals surface area contributed by atoms with Gasteiger partial charge in [-0.3, -0.25) is 9.78 Å². The molecule has 3 rings (SSSR count). The first-order valence-electron chi connectivity index (χ1n) is 8.68. The number of nitrogens with zero attached hydrogens (tertiary/aromatic N) is 5. The van der Waals surface area contributed by atoms with Gasteiger partial charge in [0, 0.05) is 32.6 Å². The fraction of sp³-hybridized carbons (Fsp3) is 0.556. The second-order valence-corrected chi connectivity index (χ2v) is 6.74. The molecule has 1 atom stereocenters. The molecule has 0 spiro atoms. The number of aryl methyl sites for hydroxylation is 2. The molecule has 1 aliphatic rings. The zero-order valence-electron chi connectivity index (χ0n) is 15.3. The maximum Gasteiger partial charge on any atom is 0.223 e. The highest BCUT2D eigenvalue weighted by molar-refractivity contribution is 5.77. The highest BCUT2D eigenvalue weighted by Crippen LogP contribution is 2.32. The van der Waals surface area contributed by atoms with Gasteiger partial charge in [0.05, 0.1) is 29.8 Å². The van der Waals surface area contributed by atoms with Crippen molar-refractivity contribution in [1.82, 2.24) is 20.0 Å². The van der Waals surface area contributed by atoms with Gasteiger partial charge in [0.2, 0.25) is 5.91 Å². The standard InChI is InChI=1S/C18H25N5O2/c1-12-14(13(2)25-21-12)7-8-18(24)23-9-5-6-16(23)15-10-19-11-17(20-15)22(3)4/h10-11,16H,5-9H2,1-4H3/t16-/m0/s1. The van der Waals surface area contributed by atoms with Crippen molar-refractivity contribution in [2.75, 3.05) is 25.5 Å². The van der Waals surface area contributed by atoms with Crippen LogP contribution in [0.15, 0.2) is 16.9 Å². The normalized spacial score (nSPS) is 17.1. The largest absolute Gasteiger partial charge is 0.361 e. The molecule has 7 nitrogen and oxygen atoms in total. The predicted molar refractivity (Wildman–Crippen MR) is 94.3 cm³/mol. The minimum Gasteiger partial charge on any atom is -0.361 e. The number of likely N-dealkylation sites (tertiary alicyclic amines) is 1. The number of rotatable bonds is 5. The lowest BCUT2D eigenvalue weighted by Gasteiger charge is -2.25. The molecule has 0 saturated carbocycles. The Bertz CT molecular complexity index is 736. The number of anilines is 1. The second-order valence-electron chi connectivity index (χ2n) is 6.74. The van der Waals surface area contributed by atoms with E-state index in [2.05, 4.69) is 15.1 Å². The predicted octanol–water partition coefficient (Wildman–Crippen LogP) is 2.44. The van der Waals surface area contributed by atoms with Crippen LogP contribution in [-0.2, 0) is 11.2 Å². The highest BCUT2D eigenvalue weighted by atomic mass is 16.5. The van der Waals surface area contributed by atoms with Gasteiger partial charge in [-0.25, -0.2) is 4.98 Å². The third-order valence-electron chi connectivity index (χ3n) is 4.78. The lowest BCUT2D eigenvalue weighted by atomic mass is 10.1. The molecule has 2 aromatic heterocycles. The molecule has 25 heavy (non-hydrogen) atoms. The molecule has 1 aliphatic heterocycles. The summed E-state index contributed by atoms with van der Waals surface area (Å²) in [6, 6.07) is 0.0181. The van der Waals surface area contributed by atoms with Crippen molar-refractivity contribution >= 4 is 11.7 Å². The fourth-order valence-corrected chi connectivity index (χ4v) is 3.35. The van der Waals surface area contributed by atoms with Crippen molar-refractivity contribution in [1.29, 1.82) is 0 Å². The Morgan fingerprint density at radius 3 is 2.84 bits per heavy atom. The van der Waals surface area contributed by atoms with E-state index in [1.54, 1.807) is 12.4 Å². The summed E-state index contributed by atoms with van der Waals surface area (Å²) in [5.74, 6) is 1.76. The van der Waals surface area contributed by atoms with Crippen molar-refractivity contribution in [3.63, 3.8) is 0 Å². The molecule has 0 aliphatic carbocycles. The summed E-state index contributed by atoms with van der Waals surface area (Å²) in [6.07, 6.45) is 6.56. The summed E-state index contributed by atoms with van der Waals surface area (Å²) in [5.41, 5.74) is 2.78. The van der Waals surface area contributed by atoms with Gasteiger partial charge >= 0.3 is 0 Å². The third kappa shape index (κ3) is 3.65. The van der Waals surface area contributed by atoms with Crippen molar-refractivity contribution in [3.8, 4) is 0 Å². The van der Waals surface area contributed by atoms with E-state index in [4.69, 9.17) is 4.52 Å². The maximum atomic E-state index is 12.8. The summed E-state index contributed by atoms with van der Waals surface area (Å²) in [4.78, 5) is 25.6. The monoisotopic (exact) mass is 343 g/mol. The van der Waals surface area contributed by atoms with E-state index >= 15 is 0 Å². The molecular weight excluding hydrogens is 318 g/mol. The number of carbonyl (C=O) groups is 1. The van der Waals surface area contributed by atoms with E-state index in [9.17, 15) is 4.79 Å². The topological polar surface area (TPSA) is 75.4 Å². The van der Waals surface area contributed by atoms with Crippen molar-refractivity contribution in [2.24, 2.45) is 0 Å². The van der Waals surface area contributed by atoms with Crippen LogP contribution in [0.5, 0.6) is 0 Å². The van der Waals surface area contributed by atoms with E-state index in [1.165, 1.54) is 0 Å². The van der Waals surface area contributed by atoms with Crippen LogP contribution in [-0.4, -0.2) is 46.6 Å². The molecule has 3 heterocycles. The first-order chi connectivity index (χ1) is 12.0. The Balaban J connectivity index is 1.71. The molecule has 1 fully saturated rings. The smallest absolute Gasteiger partial charge is 0.223 e. The van der Waals surface area contributed by atoms with Crippen molar-refractivity contribution in [3.05, 3.63) is 35.1 Å². The van der Waals surface area contributed by atoms with E-state index in [0.717, 1.165) is 47.9 Å². The molecular formula is C18H25N5O2. The molecule has 0 bridgehead atoms. The summed E-state index contributed by atoms with van der Waals surface area (Å²) >= 11 is 0. The van der Waals surface area contributed by atoms with Gasteiger partial charge in [0.25, 0.3) is 0 Å². The van der Waals surface area contributed by atoms with Crippen LogP contribution in [0.3, 0.4) is 0 Å². The summed E-state index contributed by atoms with van der Waals surface area (Å²) in [5, 5.41) is 3.96. The van der Waals surface area contributed by atoms with Gasteiger partial charge in [0.1, 0.15) is 11.6 Å². The van der Waals surface area contributed by atoms with Crippen molar-refractivity contribution < 1.29 is 9.32 Å². The van der Waals surface area contributed by atoms with Gasteiger partial charge in [-0.05, 0) is 33.1 Å².